The summed E-state index contributed by atoms with van der Waals surface area (Å²) in [5.41, 5.74) is 0.0219. The summed E-state index contributed by atoms with van der Waals surface area (Å²) in [4.78, 5) is 33.0. The average Bonchev–Trinajstić information content (AvgIpc) is 3.25. The number of likely N-dealkylation sites (tertiary alicyclic amines) is 1. The van der Waals surface area contributed by atoms with Crippen molar-refractivity contribution in [2.45, 2.75) is 45.3 Å². The highest BCUT2D eigenvalue weighted by Gasteiger charge is 2.36. The largest absolute Gasteiger partial charge is 0.444 e. The molecule has 1 aromatic heterocycles. The number of fused-ring (bicyclic) bond motifs is 1. The lowest BCUT2D eigenvalue weighted by Gasteiger charge is -2.29. The molecule has 0 N–H and O–H groups in total. The van der Waals surface area contributed by atoms with Gasteiger partial charge in [-0.15, -0.1) is 0 Å². The number of aromatic nitrogens is 2. The first-order valence-corrected chi connectivity index (χ1v) is 11.3. The first-order valence-electron chi connectivity index (χ1n) is 10.5. The van der Waals surface area contributed by atoms with Gasteiger partial charge in [0.25, 0.3) is 5.56 Å². The standard InChI is InChI=1S/C24H22Cl2N4O3/c1-24(2,3)33-23(32)29-11-5-8-18(29)21-28-20-17(26)10-9-16(25)19(20)22(31)30(21)15-7-4-6-14(12-15)13-27/h4,6-7,9-10,12,18H,5,8,11H2,1-3H3/t18-/m0/s1. The Hall–Kier alpha value is -3.08. The highest BCUT2D eigenvalue weighted by molar-refractivity contribution is 6.39. The van der Waals surface area contributed by atoms with E-state index in [1.807, 2.05) is 0 Å². The van der Waals surface area contributed by atoms with Crippen molar-refractivity contribution in [3.8, 4) is 11.8 Å². The van der Waals surface area contributed by atoms with Crippen LogP contribution in [0.4, 0.5) is 4.79 Å². The van der Waals surface area contributed by atoms with Gasteiger partial charge in [0.2, 0.25) is 0 Å². The summed E-state index contributed by atoms with van der Waals surface area (Å²) in [6.45, 7) is 5.87. The van der Waals surface area contributed by atoms with Gasteiger partial charge < -0.3 is 4.74 Å². The van der Waals surface area contributed by atoms with Crippen LogP contribution in [0, 0.1) is 11.3 Å². The van der Waals surface area contributed by atoms with Crippen molar-refractivity contribution < 1.29 is 9.53 Å². The summed E-state index contributed by atoms with van der Waals surface area (Å²) < 4.78 is 7.01. The number of carbonyl (C=O) groups is 1. The summed E-state index contributed by atoms with van der Waals surface area (Å²) in [6.07, 6.45) is 0.834. The van der Waals surface area contributed by atoms with Crippen molar-refractivity contribution in [3.05, 3.63) is 68.2 Å². The molecular weight excluding hydrogens is 463 g/mol. The van der Waals surface area contributed by atoms with Gasteiger partial charge in [0.05, 0.1) is 44.3 Å². The summed E-state index contributed by atoms with van der Waals surface area (Å²) in [5, 5.41) is 10.1. The summed E-state index contributed by atoms with van der Waals surface area (Å²) in [6, 6.07) is 11.4. The molecule has 9 heteroatoms. The zero-order valence-electron chi connectivity index (χ0n) is 18.4. The number of hydrogen-bond donors (Lipinski definition) is 0. The summed E-state index contributed by atoms with van der Waals surface area (Å²) in [7, 11) is 0. The molecule has 1 atom stereocenters. The van der Waals surface area contributed by atoms with Gasteiger partial charge in [-0.3, -0.25) is 14.3 Å². The third-order valence-corrected chi connectivity index (χ3v) is 5.98. The molecule has 1 fully saturated rings. The van der Waals surface area contributed by atoms with Crippen LogP contribution in [0.1, 0.15) is 51.0 Å². The molecule has 3 aromatic rings. The minimum absolute atomic E-state index is 0.178. The second kappa shape index (κ2) is 8.69. The molecule has 7 nitrogen and oxygen atoms in total. The molecule has 1 aliphatic heterocycles. The van der Waals surface area contributed by atoms with E-state index < -0.39 is 23.3 Å². The Kier molecular flexibility index (Phi) is 6.08. The fourth-order valence-corrected chi connectivity index (χ4v) is 4.43. The maximum atomic E-state index is 13.7. The lowest BCUT2D eigenvalue weighted by atomic mass is 10.1. The van der Waals surface area contributed by atoms with Gasteiger partial charge >= 0.3 is 6.09 Å². The minimum Gasteiger partial charge on any atom is -0.444 e. The minimum atomic E-state index is -0.668. The van der Waals surface area contributed by atoms with E-state index in [4.69, 9.17) is 32.9 Å². The Balaban J connectivity index is 1.99. The molecule has 1 amide bonds. The fraction of sp³-hybridized carbons (Fsp3) is 0.333. The number of nitriles is 1. The number of carbonyl (C=O) groups excluding carboxylic acids is 1. The van der Waals surface area contributed by atoms with E-state index >= 15 is 0 Å². The number of hydrogen-bond acceptors (Lipinski definition) is 5. The monoisotopic (exact) mass is 484 g/mol. The van der Waals surface area contributed by atoms with Gasteiger partial charge in [0.15, 0.2) is 0 Å². The Morgan fingerprint density at radius 1 is 1.21 bits per heavy atom. The lowest BCUT2D eigenvalue weighted by Crippen LogP contribution is -2.38. The van der Waals surface area contributed by atoms with E-state index in [9.17, 15) is 14.9 Å². The quantitative estimate of drug-likeness (QED) is 0.469. The smallest absolute Gasteiger partial charge is 0.410 e. The summed E-state index contributed by atoms with van der Waals surface area (Å²) in [5.74, 6) is 0.343. The van der Waals surface area contributed by atoms with Crippen LogP contribution >= 0.6 is 23.2 Å². The molecule has 4 rings (SSSR count). The highest BCUT2D eigenvalue weighted by Crippen LogP contribution is 2.35. The first kappa shape index (κ1) is 23.1. The fourth-order valence-electron chi connectivity index (χ4n) is 4.00. The second-order valence-corrected chi connectivity index (χ2v) is 9.67. The molecule has 33 heavy (non-hydrogen) atoms. The molecule has 0 spiro atoms. The predicted octanol–water partition coefficient (Wildman–Crippen LogP) is 5.64. The van der Waals surface area contributed by atoms with E-state index in [0.29, 0.717) is 30.0 Å². The molecule has 170 valence electrons. The first-order chi connectivity index (χ1) is 15.6. The van der Waals surface area contributed by atoms with E-state index in [1.165, 1.54) is 4.57 Å². The third-order valence-electron chi connectivity index (χ3n) is 5.36. The number of ether oxygens (including phenoxy) is 1. The number of amides is 1. The molecule has 0 aliphatic carbocycles. The van der Waals surface area contributed by atoms with Gasteiger partial charge in [-0.25, -0.2) is 9.78 Å². The van der Waals surface area contributed by atoms with Gasteiger partial charge in [0.1, 0.15) is 11.4 Å². The number of rotatable bonds is 2. The zero-order valence-corrected chi connectivity index (χ0v) is 19.9. The van der Waals surface area contributed by atoms with Crippen LogP contribution in [0.15, 0.2) is 41.2 Å². The summed E-state index contributed by atoms with van der Waals surface area (Å²) >= 11 is 12.8. The van der Waals surface area contributed by atoms with Crippen LogP contribution in [0.25, 0.3) is 16.6 Å². The average molecular weight is 485 g/mol. The van der Waals surface area contributed by atoms with Crippen LogP contribution in [-0.2, 0) is 4.74 Å². The number of nitrogens with zero attached hydrogens (tertiary/aromatic N) is 4. The molecular formula is C24H22Cl2N4O3. The van der Waals surface area contributed by atoms with Crippen molar-refractivity contribution in [1.82, 2.24) is 14.5 Å². The Bertz CT molecular complexity index is 1350. The Morgan fingerprint density at radius 3 is 2.64 bits per heavy atom. The lowest BCUT2D eigenvalue weighted by molar-refractivity contribution is 0.0216. The molecule has 1 saturated heterocycles. The van der Waals surface area contributed by atoms with Gasteiger partial charge in [-0.05, 0) is 63.9 Å². The molecule has 0 unspecified atom stereocenters. The molecule has 0 radical (unpaired) electrons. The van der Waals surface area contributed by atoms with E-state index in [-0.39, 0.29) is 20.9 Å². The highest BCUT2D eigenvalue weighted by atomic mass is 35.5. The zero-order chi connectivity index (χ0) is 23.9. The van der Waals surface area contributed by atoms with Crippen molar-refractivity contribution in [1.29, 1.82) is 5.26 Å². The van der Waals surface area contributed by atoms with Gasteiger partial charge in [0, 0.05) is 6.54 Å². The topological polar surface area (TPSA) is 88.2 Å². The third kappa shape index (κ3) is 4.41. The Labute approximate surface area is 201 Å². The normalized spacial score (nSPS) is 16.1. The van der Waals surface area contributed by atoms with Crippen LogP contribution in [0.2, 0.25) is 10.0 Å². The SMILES string of the molecule is CC(C)(C)OC(=O)N1CCC[C@H]1c1nc2c(Cl)ccc(Cl)c2c(=O)n1-c1cccc(C#N)c1. The van der Waals surface area contributed by atoms with Gasteiger partial charge in [-0.1, -0.05) is 29.3 Å². The van der Waals surface area contributed by atoms with Crippen LogP contribution in [0.3, 0.4) is 0 Å². The van der Waals surface area contributed by atoms with Crippen LogP contribution in [-0.4, -0.2) is 32.7 Å². The van der Waals surface area contributed by atoms with Crippen molar-refractivity contribution in [2.24, 2.45) is 0 Å². The molecule has 2 heterocycles. The van der Waals surface area contributed by atoms with Crippen molar-refractivity contribution >= 4 is 40.2 Å². The number of halogens is 2. The second-order valence-electron chi connectivity index (χ2n) is 8.86. The predicted molar refractivity (Wildman–Crippen MR) is 127 cm³/mol. The molecule has 0 bridgehead atoms. The maximum absolute atomic E-state index is 13.7. The van der Waals surface area contributed by atoms with E-state index in [1.54, 1.807) is 62.1 Å². The molecule has 1 aliphatic rings. The van der Waals surface area contributed by atoms with Crippen molar-refractivity contribution in [2.75, 3.05) is 6.54 Å². The Morgan fingerprint density at radius 2 is 1.94 bits per heavy atom. The maximum Gasteiger partial charge on any atom is 0.410 e. The van der Waals surface area contributed by atoms with E-state index in [2.05, 4.69) is 6.07 Å². The van der Waals surface area contributed by atoms with E-state index in [0.717, 1.165) is 6.42 Å². The van der Waals surface area contributed by atoms with Crippen LogP contribution < -0.4 is 5.56 Å². The van der Waals surface area contributed by atoms with Gasteiger partial charge in [-0.2, -0.15) is 5.26 Å². The number of benzene rings is 2. The van der Waals surface area contributed by atoms with Crippen LogP contribution in [0.5, 0.6) is 0 Å². The van der Waals surface area contributed by atoms with Crippen molar-refractivity contribution in [3.63, 3.8) is 0 Å². The molecule has 2 aromatic carbocycles. The molecule has 0 saturated carbocycles.